The van der Waals surface area contributed by atoms with Gasteiger partial charge in [0.05, 0.1) is 9.65 Å². The zero-order valence-electron chi connectivity index (χ0n) is 16.2. The largest absolute Gasteiger partial charge is 0.457 e. The number of carbonyl (C=O) groups excluding carboxylic acids is 1. The molecule has 0 aromatic heterocycles. The van der Waals surface area contributed by atoms with Crippen LogP contribution in [-0.2, 0) is 9.53 Å². The fourth-order valence-corrected chi connectivity index (χ4v) is 5.93. The highest BCUT2D eigenvalue weighted by Crippen LogP contribution is 2.69. The van der Waals surface area contributed by atoms with Crippen LogP contribution in [0.4, 0.5) is 0 Å². The van der Waals surface area contributed by atoms with Gasteiger partial charge in [-0.3, -0.25) is 4.79 Å². The third-order valence-electron chi connectivity index (χ3n) is 5.28. The molecule has 2 aromatic rings. The number of para-hydroxylation sites is 1. The highest BCUT2D eigenvalue weighted by molar-refractivity contribution is 9.30. The first-order valence-corrected chi connectivity index (χ1v) is 12.6. The van der Waals surface area contributed by atoms with E-state index in [4.69, 9.17) is 9.47 Å². The van der Waals surface area contributed by atoms with Crippen LogP contribution in [0.1, 0.15) is 25.5 Å². The quantitative estimate of drug-likeness (QED) is 0.228. The number of nitrogens with zero attached hydrogens (tertiary/aromatic N) is 1. The summed E-state index contributed by atoms with van der Waals surface area (Å²) in [6.07, 6.45) is -1.02. The maximum Gasteiger partial charge on any atom is 0.311 e. The molecular weight excluding hydrogens is 646 g/mol. The van der Waals surface area contributed by atoms with Gasteiger partial charge in [0, 0.05) is 11.5 Å². The van der Waals surface area contributed by atoms with Crippen molar-refractivity contribution in [2.75, 3.05) is 0 Å². The second kappa shape index (κ2) is 9.32. The number of esters is 1. The summed E-state index contributed by atoms with van der Waals surface area (Å²) in [5, 5.41) is 9.65. The fourth-order valence-electron chi connectivity index (χ4n) is 3.66. The minimum atomic E-state index is -1.02. The molecule has 4 nitrogen and oxygen atoms in total. The number of hydrogen-bond acceptors (Lipinski definition) is 4. The van der Waals surface area contributed by atoms with Gasteiger partial charge in [0.15, 0.2) is 0 Å². The van der Waals surface area contributed by atoms with Crippen molar-refractivity contribution in [1.82, 2.24) is 0 Å². The molecule has 0 saturated heterocycles. The van der Waals surface area contributed by atoms with Crippen LogP contribution >= 0.6 is 63.7 Å². The Labute approximate surface area is 209 Å². The molecule has 0 bridgehead atoms. The van der Waals surface area contributed by atoms with Gasteiger partial charge in [-0.05, 0) is 29.7 Å². The van der Waals surface area contributed by atoms with E-state index in [1.807, 2.05) is 44.2 Å². The van der Waals surface area contributed by atoms with E-state index >= 15 is 0 Å². The highest BCUT2D eigenvalue weighted by atomic mass is 79.9. The zero-order chi connectivity index (χ0) is 22.1. The van der Waals surface area contributed by atoms with Crippen LogP contribution in [0.5, 0.6) is 11.5 Å². The smallest absolute Gasteiger partial charge is 0.311 e. The molecule has 0 aliphatic heterocycles. The number of hydrogen-bond donors (Lipinski definition) is 0. The van der Waals surface area contributed by atoms with E-state index in [9.17, 15) is 10.1 Å². The molecule has 1 aliphatic rings. The van der Waals surface area contributed by atoms with Gasteiger partial charge in [0.25, 0.3) is 0 Å². The Bertz CT molecular complexity index is 956. The molecule has 0 radical (unpaired) electrons. The number of nitriles is 1. The van der Waals surface area contributed by atoms with Gasteiger partial charge in [-0.25, -0.2) is 0 Å². The molecule has 3 unspecified atom stereocenters. The Hall–Kier alpha value is -0.880. The number of carbonyl (C=O) groups is 1. The summed E-state index contributed by atoms with van der Waals surface area (Å²) < 4.78 is 10.8. The van der Waals surface area contributed by atoms with E-state index in [-0.39, 0.29) is 21.0 Å². The third kappa shape index (κ3) is 4.95. The number of alkyl halides is 4. The Morgan fingerprint density at radius 3 is 2.33 bits per heavy atom. The summed E-state index contributed by atoms with van der Waals surface area (Å²) in [4.78, 5) is 12.9. The summed E-state index contributed by atoms with van der Waals surface area (Å²) >= 11 is 14.3. The predicted octanol–water partition coefficient (Wildman–Crippen LogP) is 7.46. The maximum atomic E-state index is 12.9. The van der Waals surface area contributed by atoms with E-state index in [0.29, 0.717) is 17.1 Å². The van der Waals surface area contributed by atoms with Gasteiger partial charge in [-0.2, -0.15) is 5.26 Å². The summed E-state index contributed by atoms with van der Waals surface area (Å²) in [6.45, 7) is 4.03. The number of ether oxygens (including phenoxy) is 2. The maximum absolute atomic E-state index is 12.9. The van der Waals surface area contributed by atoms with Crippen molar-refractivity contribution in [2.45, 2.75) is 26.9 Å². The monoisotopic (exact) mass is 661 g/mol. The van der Waals surface area contributed by atoms with Crippen molar-refractivity contribution >= 4 is 69.7 Å². The molecule has 1 aliphatic carbocycles. The van der Waals surface area contributed by atoms with Crippen molar-refractivity contribution in [1.29, 1.82) is 5.26 Å². The summed E-state index contributed by atoms with van der Waals surface area (Å²) in [7, 11) is 0. The summed E-state index contributed by atoms with van der Waals surface area (Å²) in [5.74, 6) is 0.477. The Morgan fingerprint density at radius 2 is 1.73 bits per heavy atom. The molecule has 1 saturated carbocycles. The lowest BCUT2D eigenvalue weighted by atomic mass is 10.1. The highest BCUT2D eigenvalue weighted by Gasteiger charge is 2.70. The molecule has 30 heavy (non-hydrogen) atoms. The molecule has 3 rings (SSSR count). The van der Waals surface area contributed by atoms with E-state index < -0.39 is 15.3 Å². The number of halogens is 4. The van der Waals surface area contributed by atoms with Crippen molar-refractivity contribution in [3.05, 3.63) is 60.2 Å². The van der Waals surface area contributed by atoms with Gasteiger partial charge in [-0.15, -0.1) is 0 Å². The molecule has 2 aromatic carbocycles. The molecular formula is C22H19Br4NO3. The van der Waals surface area contributed by atoms with Crippen molar-refractivity contribution in [3.8, 4) is 17.6 Å². The minimum absolute atomic E-state index is 0.0339. The normalized spacial score (nSPS) is 20.9. The Kier molecular flexibility index (Phi) is 7.38. The van der Waals surface area contributed by atoms with Gasteiger partial charge in [0.1, 0.15) is 20.8 Å². The fraction of sp³-hybridized carbons (Fsp3) is 0.364. The van der Waals surface area contributed by atoms with Crippen LogP contribution in [0.2, 0.25) is 0 Å². The second-order valence-corrected chi connectivity index (χ2v) is 14.4. The molecule has 0 N–H and O–H groups in total. The number of benzene rings is 2. The lowest BCUT2D eigenvalue weighted by Gasteiger charge is -2.24. The van der Waals surface area contributed by atoms with Gasteiger partial charge in [-0.1, -0.05) is 108 Å². The zero-order valence-corrected chi connectivity index (χ0v) is 22.5. The molecule has 8 heteroatoms. The molecule has 158 valence electrons. The lowest BCUT2D eigenvalue weighted by molar-refractivity contribution is -0.149. The van der Waals surface area contributed by atoms with Gasteiger partial charge >= 0.3 is 5.97 Å². The Morgan fingerprint density at radius 1 is 1.10 bits per heavy atom. The average Bonchev–Trinajstić information content (AvgIpc) is 3.30. The minimum Gasteiger partial charge on any atom is -0.457 e. The first-order valence-electron chi connectivity index (χ1n) is 9.18. The van der Waals surface area contributed by atoms with E-state index in [0.717, 1.165) is 0 Å². The Balaban J connectivity index is 1.74. The molecule has 1 fully saturated rings. The van der Waals surface area contributed by atoms with Crippen molar-refractivity contribution in [2.24, 2.45) is 17.3 Å². The van der Waals surface area contributed by atoms with E-state index in [2.05, 4.69) is 69.8 Å². The third-order valence-corrected chi connectivity index (χ3v) is 11.1. The molecule has 0 spiro atoms. The van der Waals surface area contributed by atoms with E-state index in [1.165, 1.54) is 0 Å². The number of rotatable bonds is 7. The predicted molar refractivity (Wildman–Crippen MR) is 130 cm³/mol. The first kappa shape index (κ1) is 23.8. The summed E-state index contributed by atoms with van der Waals surface area (Å²) in [5.41, 5.74) is 0.277. The lowest BCUT2D eigenvalue weighted by Crippen LogP contribution is -2.26. The average molecular weight is 665 g/mol. The van der Waals surface area contributed by atoms with Crippen molar-refractivity contribution < 1.29 is 14.3 Å². The second-order valence-electron chi connectivity index (χ2n) is 7.69. The van der Waals surface area contributed by atoms with Crippen LogP contribution in [0.3, 0.4) is 0 Å². The van der Waals surface area contributed by atoms with Crippen LogP contribution in [-0.4, -0.2) is 12.9 Å². The molecule has 0 heterocycles. The topological polar surface area (TPSA) is 59.3 Å². The van der Waals surface area contributed by atoms with Crippen molar-refractivity contribution in [3.63, 3.8) is 0 Å². The van der Waals surface area contributed by atoms with Crippen LogP contribution in [0.15, 0.2) is 54.6 Å². The van der Waals surface area contributed by atoms with Gasteiger partial charge < -0.3 is 9.47 Å². The standard InChI is InChI=1S/C22H19Br4NO3/c1-21(2)17(18(21)22(25,26)20(23)24)19(28)30-16(12-27)13-7-6-10-15(11-13)29-14-8-4-3-5-9-14/h3-11,16-18,20H,1-2H3. The molecule has 0 amide bonds. The van der Waals surface area contributed by atoms with Crippen LogP contribution in [0.25, 0.3) is 0 Å². The first-order chi connectivity index (χ1) is 14.1. The SMILES string of the molecule is CC1(C)C(C(=O)OC(C#N)c2cccc(Oc3ccccc3)c2)C1C(Br)(Br)C(Br)Br. The van der Waals surface area contributed by atoms with Crippen LogP contribution in [0, 0.1) is 28.6 Å². The summed E-state index contributed by atoms with van der Waals surface area (Å²) in [6, 6.07) is 18.5. The molecule has 3 atom stereocenters. The van der Waals surface area contributed by atoms with Gasteiger partial charge in [0.2, 0.25) is 6.10 Å². The van der Waals surface area contributed by atoms with E-state index in [1.54, 1.807) is 24.3 Å². The van der Waals surface area contributed by atoms with Crippen LogP contribution < -0.4 is 4.74 Å².